The summed E-state index contributed by atoms with van der Waals surface area (Å²) in [6.07, 6.45) is 2.25. The second kappa shape index (κ2) is 5.04. The number of likely N-dealkylation sites (N-methyl/N-ethyl adjacent to an activating group) is 1. The Morgan fingerprint density at radius 3 is 2.94 bits per heavy atom. The molecule has 2 N–H and O–H groups in total. The highest BCUT2D eigenvalue weighted by molar-refractivity contribution is 7.09. The lowest BCUT2D eigenvalue weighted by atomic mass is 9.90. The van der Waals surface area contributed by atoms with E-state index in [1.54, 1.807) is 11.3 Å². The molecule has 0 bridgehead atoms. The Hall–Kier alpha value is -0.450. The van der Waals surface area contributed by atoms with Crippen LogP contribution in [0, 0.1) is 5.41 Å². The van der Waals surface area contributed by atoms with Crippen molar-refractivity contribution in [2.24, 2.45) is 11.1 Å². The molecule has 0 aromatic carbocycles. The van der Waals surface area contributed by atoms with Crippen LogP contribution in [0.2, 0.25) is 0 Å². The molecule has 0 saturated carbocycles. The molecule has 1 aromatic heterocycles. The molecule has 96 valence electrons. The minimum absolute atomic E-state index is 0.168. The monoisotopic (exact) mass is 253 g/mol. The average molecular weight is 253 g/mol. The van der Waals surface area contributed by atoms with Gasteiger partial charge in [-0.15, -0.1) is 11.3 Å². The van der Waals surface area contributed by atoms with Gasteiger partial charge in [0.05, 0.1) is 10.7 Å². The van der Waals surface area contributed by atoms with Gasteiger partial charge in [0.25, 0.3) is 0 Å². The van der Waals surface area contributed by atoms with Crippen LogP contribution in [0.15, 0.2) is 5.38 Å². The standard InChI is InChI=1S/C13H23N3S/c1-13(2,9-14)6-12-15-11(8-17-12)10-4-5-16(3)7-10/h8,10H,4-7,9,14H2,1-3H3. The van der Waals surface area contributed by atoms with Crippen molar-refractivity contribution >= 4 is 11.3 Å². The predicted molar refractivity (Wildman–Crippen MR) is 73.5 cm³/mol. The molecule has 17 heavy (non-hydrogen) atoms. The number of nitrogens with zero attached hydrogens (tertiary/aromatic N) is 2. The minimum atomic E-state index is 0.168. The molecule has 1 aliphatic rings. The molecule has 2 heterocycles. The van der Waals surface area contributed by atoms with E-state index in [-0.39, 0.29) is 5.41 Å². The predicted octanol–water partition coefficient (Wildman–Crippen LogP) is 2.09. The zero-order valence-electron chi connectivity index (χ0n) is 11.1. The molecular weight excluding hydrogens is 230 g/mol. The van der Waals surface area contributed by atoms with Gasteiger partial charge in [0.15, 0.2) is 0 Å². The Morgan fingerprint density at radius 2 is 2.35 bits per heavy atom. The van der Waals surface area contributed by atoms with Crippen molar-refractivity contribution in [2.45, 2.75) is 32.6 Å². The van der Waals surface area contributed by atoms with E-state index in [0.29, 0.717) is 12.5 Å². The highest BCUT2D eigenvalue weighted by Crippen LogP contribution is 2.29. The zero-order valence-corrected chi connectivity index (χ0v) is 11.9. The van der Waals surface area contributed by atoms with E-state index in [9.17, 15) is 0 Å². The molecule has 1 aliphatic heterocycles. The highest BCUT2D eigenvalue weighted by Gasteiger charge is 2.24. The van der Waals surface area contributed by atoms with Crippen LogP contribution in [0.5, 0.6) is 0 Å². The normalized spacial score (nSPS) is 22.2. The first-order chi connectivity index (χ1) is 8.00. The number of thiazole rings is 1. The van der Waals surface area contributed by atoms with Crippen molar-refractivity contribution in [3.8, 4) is 0 Å². The minimum Gasteiger partial charge on any atom is -0.330 e. The van der Waals surface area contributed by atoms with Crippen LogP contribution in [0.4, 0.5) is 0 Å². The van der Waals surface area contributed by atoms with Crippen molar-refractivity contribution < 1.29 is 0 Å². The maximum Gasteiger partial charge on any atom is 0.0934 e. The van der Waals surface area contributed by atoms with E-state index < -0.39 is 0 Å². The number of hydrogen-bond acceptors (Lipinski definition) is 4. The lowest BCUT2D eigenvalue weighted by molar-refractivity contribution is 0.375. The first kappa shape index (κ1) is 13.0. The third-order valence-electron chi connectivity index (χ3n) is 3.56. The summed E-state index contributed by atoms with van der Waals surface area (Å²) in [5, 5.41) is 3.48. The first-order valence-corrected chi connectivity index (χ1v) is 7.21. The Labute approximate surface area is 108 Å². The van der Waals surface area contributed by atoms with Crippen LogP contribution < -0.4 is 5.73 Å². The maximum absolute atomic E-state index is 5.77. The molecule has 0 radical (unpaired) electrons. The lowest BCUT2D eigenvalue weighted by Crippen LogP contribution is -2.25. The molecule has 1 fully saturated rings. The summed E-state index contributed by atoms with van der Waals surface area (Å²) in [6.45, 7) is 7.48. The number of likely N-dealkylation sites (tertiary alicyclic amines) is 1. The Morgan fingerprint density at radius 1 is 1.59 bits per heavy atom. The van der Waals surface area contributed by atoms with Crippen molar-refractivity contribution in [3.05, 3.63) is 16.1 Å². The number of hydrogen-bond donors (Lipinski definition) is 1. The van der Waals surface area contributed by atoms with Gasteiger partial charge in [-0.2, -0.15) is 0 Å². The number of rotatable bonds is 4. The van der Waals surface area contributed by atoms with Crippen LogP contribution in [0.25, 0.3) is 0 Å². The molecule has 1 aromatic rings. The third-order valence-corrected chi connectivity index (χ3v) is 4.43. The molecule has 0 aliphatic carbocycles. The highest BCUT2D eigenvalue weighted by atomic mass is 32.1. The summed E-state index contributed by atoms with van der Waals surface area (Å²) in [5.74, 6) is 0.644. The Kier molecular flexibility index (Phi) is 3.85. The molecule has 1 saturated heterocycles. The fourth-order valence-electron chi connectivity index (χ4n) is 2.25. The molecule has 0 amide bonds. The van der Waals surface area contributed by atoms with Crippen LogP contribution in [0.1, 0.15) is 36.9 Å². The van der Waals surface area contributed by atoms with E-state index in [4.69, 9.17) is 10.7 Å². The topological polar surface area (TPSA) is 42.1 Å². The fraction of sp³-hybridized carbons (Fsp3) is 0.769. The third kappa shape index (κ3) is 3.27. The second-order valence-corrected chi connectivity index (χ2v) is 6.90. The van der Waals surface area contributed by atoms with E-state index in [1.807, 2.05) is 0 Å². The van der Waals surface area contributed by atoms with Gasteiger partial charge in [-0.3, -0.25) is 0 Å². The number of aromatic nitrogens is 1. The van der Waals surface area contributed by atoms with E-state index in [0.717, 1.165) is 13.0 Å². The molecule has 0 spiro atoms. The maximum atomic E-state index is 5.77. The van der Waals surface area contributed by atoms with E-state index in [2.05, 4.69) is 31.2 Å². The summed E-state index contributed by atoms with van der Waals surface area (Å²) < 4.78 is 0. The van der Waals surface area contributed by atoms with E-state index in [1.165, 1.54) is 23.7 Å². The SMILES string of the molecule is CN1CCC(c2csc(CC(C)(C)CN)n2)C1. The van der Waals surface area contributed by atoms with Gasteiger partial charge < -0.3 is 10.6 Å². The summed E-state index contributed by atoms with van der Waals surface area (Å²) in [7, 11) is 2.19. The molecule has 1 atom stereocenters. The van der Waals surface area contributed by atoms with Gasteiger partial charge >= 0.3 is 0 Å². The zero-order chi connectivity index (χ0) is 12.5. The van der Waals surface area contributed by atoms with Crippen molar-refractivity contribution in [1.29, 1.82) is 0 Å². The van der Waals surface area contributed by atoms with Crippen LogP contribution in [-0.4, -0.2) is 36.6 Å². The largest absolute Gasteiger partial charge is 0.330 e. The van der Waals surface area contributed by atoms with Gasteiger partial charge in [0.2, 0.25) is 0 Å². The Bertz CT molecular complexity index is 372. The Balaban J connectivity index is 2.01. The number of nitrogens with two attached hydrogens (primary N) is 1. The van der Waals surface area contributed by atoms with Gasteiger partial charge in [0, 0.05) is 24.3 Å². The lowest BCUT2D eigenvalue weighted by Gasteiger charge is -2.20. The first-order valence-electron chi connectivity index (χ1n) is 6.33. The molecule has 1 unspecified atom stereocenters. The smallest absolute Gasteiger partial charge is 0.0934 e. The summed E-state index contributed by atoms with van der Waals surface area (Å²) in [5.41, 5.74) is 7.23. The molecular formula is C13H23N3S. The summed E-state index contributed by atoms with van der Waals surface area (Å²) >= 11 is 1.79. The van der Waals surface area contributed by atoms with Crippen LogP contribution in [0.3, 0.4) is 0 Å². The van der Waals surface area contributed by atoms with Crippen LogP contribution in [-0.2, 0) is 6.42 Å². The van der Waals surface area contributed by atoms with Crippen molar-refractivity contribution in [1.82, 2.24) is 9.88 Å². The average Bonchev–Trinajstić information content (AvgIpc) is 2.86. The fourth-order valence-corrected chi connectivity index (χ4v) is 3.39. The summed E-state index contributed by atoms with van der Waals surface area (Å²) in [6, 6.07) is 0. The van der Waals surface area contributed by atoms with Gasteiger partial charge in [-0.25, -0.2) is 4.98 Å². The molecule has 3 nitrogen and oxygen atoms in total. The molecule has 4 heteroatoms. The van der Waals surface area contributed by atoms with Gasteiger partial charge in [-0.1, -0.05) is 13.8 Å². The summed E-state index contributed by atoms with van der Waals surface area (Å²) in [4.78, 5) is 7.18. The quantitative estimate of drug-likeness (QED) is 0.893. The van der Waals surface area contributed by atoms with Gasteiger partial charge in [0.1, 0.15) is 0 Å². The van der Waals surface area contributed by atoms with Crippen molar-refractivity contribution in [3.63, 3.8) is 0 Å². The van der Waals surface area contributed by atoms with Crippen molar-refractivity contribution in [2.75, 3.05) is 26.7 Å². The van der Waals surface area contributed by atoms with E-state index >= 15 is 0 Å². The molecule has 2 rings (SSSR count). The second-order valence-electron chi connectivity index (χ2n) is 5.96. The van der Waals surface area contributed by atoms with Gasteiger partial charge in [-0.05, 0) is 32.0 Å². The van der Waals surface area contributed by atoms with Crippen LogP contribution >= 0.6 is 11.3 Å².